The summed E-state index contributed by atoms with van der Waals surface area (Å²) in [4.78, 5) is 0. The zero-order valence-electron chi connectivity index (χ0n) is 7.46. The van der Waals surface area contributed by atoms with Gasteiger partial charge in [-0.15, -0.1) is 0 Å². The lowest BCUT2D eigenvalue weighted by Gasteiger charge is -1.97. The molecule has 1 aliphatic rings. The van der Waals surface area contributed by atoms with E-state index in [4.69, 9.17) is 0 Å². The number of hydrogen-bond acceptors (Lipinski definition) is 0. The maximum Gasteiger partial charge on any atom is -0.0162 e. The molecular weight excluding hydrogens is 144 g/mol. The molecule has 1 aliphatic carbocycles. The summed E-state index contributed by atoms with van der Waals surface area (Å²) in [7, 11) is 0. The van der Waals surface area contributed by atoms with Gasteiger partial charge in [0.1, 0.15) is 0 Å². The van der Waals surface area contributed by atoms with E-state index in [0.717, 1.165) is 5.92 Å². The summed E-state index contributed by atoms with van der Waals surface area (Å²) in [5, 5.41) is 0. The molecule has 0 saturated heterocycles. The Labute approximate surface area is 73.9 Å². The summed E-state index contributed by atoms with van der Waals surface area (Å²) < 4.78 is 0. The van der Waals surface area contributed by atoms with Crippen LogP contribution in [-0.2, 0) is 0 Å². The Morgan fingerprint density at radius 2 is 1.83 bits per heavy atom. The van der Waals surface area contributed by atoms with E-state index in [0.29, 0.717) is 0 Å². The highest BCUT2D eigenvalue weighted by atomic mass is 14.3. The van der Waals surface area contributed by atoms with Gasteiger partial charge in [-0.3, -0.25) is 0 Å². The van der Waals surface area contributed by atoms with Crippen LogP contribution in [0.4, 0.5) is 0 Å². The van der Waals surface area contributed by atoms with Crippen LogP contribution in [0.1, 0.15) is 36.8 Å². The first kappa shape index (κ1) is 7.60. The van der Waals surface area contributed by atoms with Gasteiger partial charge in [0, 0.05) is 0 Å². The molecule has 62 valence electrons. The van der Waals surface area contributed by atoms with Crippen LogP contribution in [0, 0.1) is 0 Å². The van der Waals surface area contributed by atoms with Gasteiger partial charge < -0.3 is 0 Å². The monoisotopic (exact) mass is 158 g/mol. The summed E-state index contributed by atoms with van der Waals surface area (Å²) >= 11 is 0. The molecule has 0 radical (unpaired) electrons. The molecule has 0 N–H and O–H groups in total. The molecule has 0 atom stereocenters. The summed E-state index contributed by atoms with van der Waals surface area (Å²) in [6, 6.07) is 8.92. The summed E-state index contributed by atoms with van der Waals surface area (Å²) in [5.41, 5.74) is 2.82. The molecule has 1 fully saturated rings. The number of benzene rings is 1. The summed E-state index contributed by atoms with van der Waals surface area (Å²) in [6.07, 6.45) is 6.99. The van der Waals surface area contributed by atoms with E-state index in [1.165, 1.54) is 24.0 Å². The van der Waals surface area contributed by atoms with Crippen LogP contribution in [0.2, 0.25) is 0 Å². The van der Waals surface area contributed by atoms with Crippen molar-refractivity contribution in [1.82, 2.24) is 0 Å². The molecule has 0 bridgehead atoms. The third-order valence-corrected chi connectivity index (χ3v) is 2.34. The van der Waals surface area contributed by atoms with Crippen molar-refractivity contribution in [3.8, 4) is 0 Å². The Morgan fingerprint density at radius 3 is 2.33 bits per heavy atom. The summed E-state index contributed by atoms with van der Waals surface area (Å²) in [5.74, 6) is 0.879. The van der Waals surface area contributed by atoms with Crippen LogP contribution in [0.3, 0.4) is 0 Å². The van der Waals surface area contributed by atoms with Crippen LogP contribution >= 0.6 is 0 Å². The van der Waals surface area contributed by atoms with E-state index < -0.39 is 0 Å². The maximum atomic E-state index is 2.26. The molecule has 0 nitrogen and oxygen atoms in total. The van der Waals surface area contributed by atoms with Gasteiger partial charge in [-0.05, 0) is 36.8 Å². The molecular formula is C12H14. The predicted molar refractivity (Wildman–Crippen MR) is 53.1 cm³/mol. The fourth-order valence-corrected chi connectivity index (χ4v) is 1.49. The van der Waals surface area contributed by atoms with Crippen molar-refractivity contribution in [3.63, 3.8) is 0 Å². The zero-order valence-corrected chi connectivity index (χ0v) is 7.46. The van der Waals surface area contributed by atoms with Crippen LogP contribution in [-0.4, -0.2) is 0 Å². The molecule has 0 heterocycles. The quantitative estimate of drug-likeness (QED) is 0.617. The molecule has 12 heavy (non-hydrogen) atoms. The topological polar surface area (TPSA) is 0 Å². The van der Waals surface area contributed by atoms with E-state index in [-0.39, 0.29) is 0 Å². The first-order chi connectivity index (χ1) is 5.90. The molecule has 0 amide bonds. The van der Waals surface area contributed by atoms with Gasteiger partial charge in [0.15, 0.2) is 0 Å². The molecule has 1 aromatic carbocycles. The van der Waals surface area contributed by atoms with E-state index in [2.05, 4.69) is 43.3 Å². The van der Waals surface area contributed by atoms with Gasteiger partial charge in [0.25, 0.3) is 0 Å². The SMILES string of the molecule is CC=Cc1ccc(C2CC2)cc1. The minimum atomic E-state index is 0.879. The number of allylic oxidation sites excluding steroid dienone is 1. The molecule has 0 unspecified atom stereocenters. The van der Waals surface area contributed by atoms with E-state index in [9.17, 15) is 0 Å². The average molecular weight is 158 g/mol. The lowest BCUT2D eigenvalue weighted by Crippen LogP contribution is -1.78. The van der Waals surface area contributed by atoms with Crippen molar-refractivity contribution in [2.75, 3.05) is 0 Å². The van der Waals surface area contributed by atoms with Gasteiger partial charge in [0.05, 0.1) is 0 Å². The Hall–Kier alpha value is -1.04. The molecule has 2 rings (SSSR count). The first-order valence-corrected chi connectivity index (χ1v) is 4.63. The fourth-order valence-electron chi connectivity index (χ4n) is 1.49. The second-order valence-corrected chi connectivity index (χ2v) is 3.44. The molecule has 0 heteroatoms. The first-order valence-electron chi connectivity index (χ1n) is 4.63. The lowest BCUT2D eigenvalue weighted by molar-refractivity contribution is 1.13. The summed E-state index contributed by atoms with van der Waals surface area (Å²) in [6.45, 7) is 2.05. The van der Waals surface area contributed by atoms with Crippen molar-refractivity contribution in [3.05, 3.63) is 41.5 Å². The van der Waals surface area contributed by atoms with Gasteiger partial charge >= 0.3 is 0 Å². The average Bonchev–Trinajstić information content (AvgIpc) is 2.89. The third-order valence-electron chi connectivity index (χ3n) is 2.34. The molecule has 0 aliphatic heterocycles. The largest absolute Gasteiger partial charge is 0.0871 e. The lowest BCUT2D eigenvalue weighted by atomic mass is 10.1. The van der Waals surface area contributed by atoms with Gasteiger partial charge in [0.2, 0.25) is 0 Å². The van der Waals surface area contributed by atoms with Crippen molar-refractivity contribution in [1.29, 1.82) is 0 Å². The highest BCUT2D eigenvalue weighted by Gasteiger charge is 2.22. The second kappa shape index (κ2) is 3.14. The highest BCUT2D eigenvalue weighted by molar-refractivity contribution is 5.49. The third kappa shape index (κ3) is 1.58. The van der Waals surface area contributed by atoms with Gasteiger partial charge in [-0.1, -0.05) is 36.4 Å². The van der Waals surface area contributed by atoms with Crippen LogP contribution < -0.4 is 0 Å². The maximum absolute atomic E-state index is 2.26. The molecule has 0 spiro atoms. The van der Waals surface area contributed by atoms with Crippen molar-refractivity contribution in [2.24, 2.45) is 0 Å². The minimum absolute atomic E-state index is 0.879. The zero-order chi connectivity index (χ0) is 8.39. The predicted octanol–water partition coefficient (Wildman–Crippen LogP) is 3.60. The Morgan fingerprint density at radius 1 is 1.17 bits per heavy atom. The van der Waals surface area contributed by atoms with Gasteiger partial charge in [-0.2, -0.15) is 0 Å². The Kier molecular flexibility index (Phi) is 1.99. The molecule has 0 aromatic heterocycles. The minimum Gasteiger partial charge on any atom is -0.0871 e. The van der Waals surface area contributed by atoms with E-state index in [1.54, 1.807) is 0 Å². The van der Waals surface area contributed by atoms with Crippen LogP contribution in [0.15, 0.2) is 30.3 Å². The normalized spacial score (nSPS) is 17.1. The molecule has 1 aromatic rings. The van der Waals surface area contributed by atoms with Crippen LogP contribution in [0.25, 0.3) is 6.08 Å². The number of rotatable bonds is 2. The Balaban J connectivity index is 2.18. The fraction of sp³-hybridized carbons (Fsp3) is 0.333. The van der Waals surface area contributed by atoms with Crippen molar-refractivity contribution >= 4 is 6.08 Å². The van der Waals surface area contributed by atoms with Crippen molar-refractivity contribution in [2.45, 2.75) is 25.7 Å². The highest BCUT2D eigenvalue weighted by Crippen LogP contribution is 2.39. The van der Waals surface area contributed by atoms with E-state index in [1.807, 2.05) is 0 Å². The van der Waals surface area contributed by atoms with Crippen molar-refractivity contribution < 1.29 is 0 Å². The smallest absolute Gasteiger partial charge is 0.0162 e. The second-order valence-electron chi connectivity index (χ2n) is 3.44. The molecule has 1 saturated carbocycles. The van der Waals surface area contributed by atoms with Gasteiger partial charge in [-0.25, -0.2) is 0 Å². The van der Waals surface area contributed by atoms with Crippen LogP contribution in [0.5, 0.6) is 0 Å². The standard InChI is InChI=1S/C12H14/c1-2-3-10-4-6-11(7-5-10)12-8-9-12/h2-7,12H,8-9H2,1H3. The van der Waals surface area contributed by atoms with E-state index >= 15 is 0 Å². The number of hydrogen-bond donors (Lipinski definition) is 0. The Bertz CT molecular complexity index is 275.